The van der Waals surface area contributed by atoms with E-state index in [1.54, 1.807) is 6.08 Å². The Bertz CT molecular complexity index is 676. The summed E-state index contributed by atoms with van der Waals surface area (Å²) < 4.78 is 0. The normalized spacial score (nSPS) is 13.2. The van der Waals surface area contributed by atoms with Gasteiger partial charge in [0.1, 0.15) is 0 Å². The van der Waals surface area contributed by atoms with Gasteiger partial charge in [0.05, 0.1) is 18.8 Å². The summed E-state index contributed by atoms with van der Waals surface area (Å²) in [4.78, 5) is 12.4. The van der Waals surface area contributed by atoms with Crippen molar-refractivity contribution in [2.45, 2.75) is 238 Å². The van der Waals surface area contributed by atoms with E-state index in [0.717, 1.165) is 25.7 Å². The van der Waals surface area contributed by atoms with Crippen LogP contribution in [0, 0.1) is 0 Å². The number of carbonyl (C=O) groups is 1. The fraction of sp³-hybridized carbons (Fsp3) is 0.884. The second kappa shape index (κ2) is 39.3. The molecule has 2 atom stereocenters. The molecule has 2 unspecified atom stereocenters. The van der Waals surface area contributed by atoms with E-state index in [4.69, 9.17) is 0 Å². The molecule has 0 heterocycles. The van der Waals surface area contributed by atoms with Gasteiger partial charge in [-0.1, -0.05) is 199 Å². The highest BCUT2D eigenvalue weighted by atomic mass is 16.3. The number of aliphatic hydroxyl groups excluding tert-OH is 2. The van der Waals surface area contributed by atoms with Crippen LogP contribution >= 0.6 is 0 Å². The number of carbonyl (C=O) groups excluding carboxylic acids is 1. The maximum atomic E-state index is 12.4. The van der Waals surface area contributed by atoms with Crippen molar-refractivity contribution in [1.82, 2.24) is 5.32 Å². The van der Waals surface area contributed by atoms with Crippen molar-refractivity contribution in [2.75, 3.05) is 6.61 Å². The molecule has 0 aliphatic heterocycles. The predicted octanol–water partition coefficient (Wildman–Crippen LogP) is 12.8. The monoisotopic (exact) mass is 662 g/mol. The van der Waals surface area contributed by atoms with Gasteiger partial charge in [-0.05, 0) is 44.9 Å². The molecule has 0 aromatic heterocycles. The lowest BCUT2D eigenvalue weighted by Crippen LogP contribution is -2.45. The molecule has 0 radical (unpaired) electrons. The lowest BCUT2D eigenvalue weighted by atomic mass is 10.0. The van der Waals surface area contributed by atoms with E-state index in [-0.39, 0.29) is 12.5 Å². The van der Waals surface area contributed by atoms with Crippen molar-refractivity contribution in [3.8, 4) is 0 Å². The standard InChI is InChI=1S/C43H83NO3/c1-3-5-7-9-11-13-15-17-18-19-20-21-22-23-24-25-27-29-31-33-35-37-39-43(47)44-41(40-45)42(46)38-36-34-32-30-28-26-16-14-12-10-8-6-4-2/h22-23,36,38,41-42,45-46H,3-21,24-35,37,39-40H2,1-2H3,(H,44,47). The zero-order chi connectivity index (χ0) is 34.3. The SMILES string of the molecule is CCCCCCCCCCCCCC=CCCCCCCCCCC(=O)NC(CO)C(O)C=CCCCCCCCCCCCCC. The van der Waals surface area contributed by atoms with Gasteiger partial charge in [-0.25, -0.2) is 0 Å². The maximum Gasteiger partial charge on any atom is 0.220 e. The van der Waals surface area contributed by atoms with Crippen molar-refractivity contribution in [2.24, 2.45) is 0 Å². The fourth-order valence-electron chi connectivity index (χ4n) is 6.41. The number of hydrogen-bond donors (Lipinski definition) is 3. The van der Waals surface area contributed by atoms with E-state index in [2.05, 4.69) is 31.3 Å². The average molecular weight is 662 g/mol. The molecule has 1 amide bonds. The molecule has 278 valence electrons. The number of hydrogen-bond acceptors (Lipinski definition) is 3. The molecule has 0 aliphatic rings. The molecule has 3 N–H and O–H groups in total. The third kappa shape index (κ3) is 36.0. The Labute approximate surface area is 294 Å². The van der Waals surface area contributed by atoms with Gasteiger partial charge >= 0.3 is 0 Å². The van der Waals surface area contributed by atoms with Crippen molar-refractivity contribution in [3.63, 3.8) is 0 Å². The fourth-order valence-corrected chi connectivity index (χ4v) is 6.41. The summed E-state index contributed by atoms with van der Waals surface area (Å²) in [6.45, 7) is 4.31. The molecule has 0 aromatic carbocycles. The van der Waals surface area contributed by atoms with Gasteiger partial charge in [0.15, 0.2) is 0 Å². The molecule has 0 rings (SSSR count). The minimum atomic E-state index is -0.837. The molecule has 0 saturated carbocycles. The number of unbranched alkanes of at least 4 members (excludes halogenated alkanes) is 29. The third-order valence-electron chi connectivity index (χ3n) is 9.68. The summed E-state index contributed by atoms with van der Waals surface area (Å²) in [5.74, 6) is -0.0678. The van der Waals surface area contributed by atoms with Crippen LogP contribution in [0.2, 0.25) is 0 Å². The summed E-state index contributed by atoms with van der Waals surface area (Å²) in [6, 6.07) is -0.621. The molecule has 4 nitrogen and oxygen atoms in total. The van der Waals surface area contributed by atoms with Crippen LogP contribution in [-0.4, -0.2) is 34.9 Å². The minimum absolute atomic E-state index is 0.0678. The maximum absolute atomic E-state index is 12.4. The first kappa shape index (κ1) is 45.9. The highest BCUT2D eigenvalue weighted by Crippen LogP contribution is 2.14. The molecule has 0 spiro atoms. The predicted molar refractivity (Wildman–Crippen MR) is 207 cm³/mol. The van der Waals surface area contributed by atoms with Crippen LogP contribution < -0.4 is 5.32 Å². The van der Waals surface area contributed by atoms with Crippen LogP contribution in [0.25, 0.3) is 0 Å². The van der Waals surface area contributed by atoms with E-state index < -0.39 is 12.1 Å². The number of allylic oxidation sites excluding steroid dienone is 3. The number of aliphatic hydroxyl groups is 2. The number of rotatable bonds is 38. The summed E-state index contributed by atoms with van der Waals surface area (Å²) >= 11 is 0. The summed E-state index contributed by atoms with van der Waals surface area (Å²) in [5.41, 5.74) is 0. The molecular weight excluding hydrogens is 578 g/mol. The first-order valence-corrected chi connectivity index (χ1v) is 21.1. The summed E-state index contributed by atoms with van der Waals surface area (Å²) in [7, 11) is 0. The lowest BCUT2D eigenvalue weighted by molar-refractivity contribution is -0.123. The highest BCUT2D eigenvalue weighted by Gasteiger charge is 2.17. The van der Waals surface area contributed by atoms with E-state index >= 15 is 0 Å². The van der Waals surface area contributed by atoms with Gasteiger partial charge in [0, 0.05) is 6.42 Å². The van der Waals surface area contributed by atoms with E-state index in [1.807, 2.05) is 6.08 Å². The highest BCUT2D eigenvalue weighted by molar-refractivity contribution is 5.76. The molecule has 0 saturated heterocycles. The second-order valence-electron chi connectivity index (χ2n) is 14.4. The van der Waals surface area contributed by atoms with Gasteiger partial charge in [-0.3, -0.25) is 4.79 Å². The van der Waals surface area contributed by atoms with E-state index in [1.165, 1.54) is 180 Å². The Morgan fingerprint density at radius 1 is 0.489 bits per heavy atom. The molecule has 4 heteroatoms. The Kier molecular flexibility index (Phi) is 38.4. The first-order chi connectivity index (χ1) is 23.2. The number of amides is 1. The Hall–Kier alpha value is -1.13. The van der Waals surface area contributed by atoms with Gasteiger partial charge in [0.25, 0.3) is 0 Å². The Morgan fingerprint density at radius 2 is 0.809 bits per heavy atom. The van der Waals surface area contributed by atoms with Crippen molar-refractivity contribution < 1.29 is 15.0 Å². The second-order valence-corrected chi connectivity index (χ2v) is 14.4. The third-order valence-corrected chi connectivity index (χ3v) is 9.68. The molecule has 0 aromatic rings. The first-order valence-electron chi connectivity index (χ1n) is 21.1. The van der Waals surface area contributed by atoms with Gasteiger partial charge in [-0.15, -0.1) is 0 Å². The van der Waals surface area contributed by atoms with E-state index in [9.17, 15) is 15.0 Å². The van der Waals surface area contributed by atoms with Crippen LogP contribution in [0.1, 0.15) is 226 Å². The van der Waals surface area contributed by atoms with Gasteiger partial charge in [-0.2, -0.15) is 0 Å². The van der Waals surface area contributed by atoms with Crippen molar-refractivity contribution in [3.05, 3.63) is 24.3 Å². The molecule has 47 heavy (non-hydrogen) atoms. The Balaban J connectivity index is 3.55. The summed E-state index contributed by atoms with van der Waals surface area (Å²) in [6.07, 6.45) is 49.9. The largest absolute Gasteiger partial charge is 0.394 e. The topological polar surface area (TPSA) is 69.6 Å². The van der Waals surface area contributed by atoms with Crippen LogP contribution in [0.15, 0.2) is 24.3 Å². The Morgan fingerprint density at radius 3 is 1.17 bits per heavy atom. The summed E-state index contributed by atoms with van der Waals surface area (Å²) in [5, 5.41) is 22.9. The molecular formula is C43H83NO3. The van der Waals surface area contributed by atoms with E-state index in [0.29, 0.717) is 6.42 Å². The molecule has 0 bridgehead atoms. The van der Waals surface area contributed by atoms with Crippen molar-refractivity contribution >= 4 is 5.91 Å². The van der Waals surface area contributed by atoms with Gasteiger partial charge < -0.3 is 15.5 Å². The van der Waals surface area contributed by atoms with Crippen molar-refractivity contribution in [1.29, 1.82) is 0 Å². The minimum Gasteiger partial charge on any atom is -0.394 e. The number of nitrogens with one attached hydrogen (secondary N) is 1. The van der Waals surface area contributed by atoms with Crippen LogP contribution in [0.3, 0.4) is 0 Å². The molecule has 0 fully saturated rings. The zero-order valence-corrected chi connectivity index (χ0v) is 31.8. The van der Waals surface area contributed by atoms with Crippen LogP contribution in [0.5, 0.6) is 0 Å². The zero-order valence-electron chi connectivity index (χ0n) is 31.8. The smallest absolute Gasteiger partial charge is 0.220 e. The van der Waals surface area contributed by atoms with Gasteiger partial charge in [0.2, 0.25) is 5.91 Å². The average Bonchev–Trinajstić information content (AvgIpc) is 3.07. The van der Waals surface area contributed by atoms with Crippen LogP contribution in [0.4, 0.5) is 0 Å². The quantitative estimate of drug-likeness (QED) is 0.0455. The molecule has 0 aliphatic carbocycles. The lowest BCUT2D eigenvalue weighted by Gasteiger charge is -2.20. The van der Waals surface area contributed by atoms with Crippen LogP contribution in [-0.2, 0) is 4.79 Å².